The second-order valence-electron chi connectivity index (χ2n) is 5.70. The molecule has 0 atom stereocenters. The second-order valence-corrected chi connectivity index (χ2v) is 5.70. The normalized spacial score (nSPS) is 23.1. The van der Waals surface area contributed by atoms with Crippen LogP contribution in [0.1, 0.15) is 52.4 Å². The zero-order chi connectivity index (χ0) is 11.5. The molecule has 0 heterocycles. The molecule has 2 N–H and O–H groups in total. The molecule has 0 aliphatic heterocycles. The van der Waals surface area contributed by atoms with E-state index in [1.54, 1.807) is 0 Å². The number of nitrogens with zero attached hydrogens (tertiary/aromatic N) is 2. The second kappa shape index (κ2) is 5.07. The molecule has 0 bridgehead atoms. The maximum atomic E-state index is 6.16. The van der Waals surface area contributed by atoms with Crippen LogP contribution >= 0.6 is 0 Å². The monoisotopic (exact) mass is 223 g/mol. The Morgan fingerprint density at radius 3 is 2.38 bits per heavy atom. The van der Waals surface area contributed by atoms with Crippen LogP contribution in [0.4, 0.5) is 0 Å². The molecule has 2 aliphatic carbocycles. The summed E-state index contributed by atoms with van der Waals surface area (Å²) in [5.74, 6) is 1.47. The number of hydrogen-bond donors (Lipinski definition) is 1. The highest BCUT2D eigenvalue weighted by Gasteiger charge is 2.27. The molecule has 2 fully saturated rings. The van der Waals surface area contributed by atoms with Crippen LogP contribution in [0.25, 0.3) is 0 Å². The molecule has 0 aromatic carbocycles. The average Bonchev–Trinajstić information content (AvgIpc) is 2.87. The van der Waals surface area contributed by atoms with Gasteiger partial charge in [-0.3, -0.25) is 0 Å². The summed E-state index contributed by atoms with van der Waals surface area (Å²) in [7, 11) is 0. The van der Waals surface area contributed by atoms with Crippen LogP contribution in [0.3, 0.4) is 0 Å². The van der Waals surface area contributed by atoms with Crippen LogP contribution in [0.15, 0.2) is 4.99 Å². The molecular weight excluding hydrogens is 198 g/mol. The van der Waals surface area contributed by atoms with Crippen molar-refractivity contribution in [2.24, 2.45) is 16.6 Å². The van der Waals surface area contributed by atoms with E-state index in [0.717, 1.165) is 12.5 Å². The summed E-state index contributed by atoms with van der Waals surface area (Å²) >= 11 is 0. The third-order valence-corrected chi connectivity index (χ3v) is 3.48. The Morgan fingerprint density at radius 1 is 1.25 bits per heavy atom. The molecule has 0 aromatic heterocycles. The van der Waals surface area contributed by atoms with Gasteiger partial charge in [0.1, 0.15) is 0 Å². The van der Waals surface area contributed by atoms with Gasteiger partial charge >= 0.3 is 0 Å². The third-order valence-electron chi connectivity index (χ3n) is 3.48. The molecule has 0 amide bonds. The van der Waals surface area contributed by atoms with Gasteiger partial charge in [0.2, 0.25) is 0 Å². The Hall–Kier alpha value is -0.730. The summed E-state index contributed by atoms with van der Waals surface area (Å²) in [6.07, 6.45) is 7.79. The van der Waals surface area contributed by atoms with Crippen LogP contribution in [0.2, 0.25) is 0 Å². The summed E-state index contributed by atoms with van der Waals surface area (Å²) in [6.45, 7) is 5.57. The standard InChI is InChI=1S/C13H25N3/c1-10(2)9-16(12-5-3-4-6-12)13(14)15-11-7-8-11/h10-12H,3-9H2,1-2H3,(H2,14,15). The minimum atomic E-state index is 0.538. The predicted octanol–water partition coefficient (Wildman–Crippen LogP) is 2.36. The van der Waals surface area contributed by atoms with Crippen LogP contribution < -0.4 is 5.73 Å². The van der Waals surface area contributed by atoms with Gasteiger partial charge < -0.3 is 10.6 Å². The Labute approximate surface area is 99.1 Å². The van der Waals surface area contributed by atoms with Gasteiger partial charge in [-0.05, 0) is 31.6 Å². The molecule has 3 nitrogen and oxygen atoms in total. The van der Waals surface area contributed by atoms with Gasteiger partial charge in [-0.15, -0.1) is 0 Å². The predicted molar refractivity (Wildman–Crippen MR) is 68.4 cm³/mol. The minimum absolute atomic E-state index is 0.538. The number of hydrogen-bond acceptors (Lipinski definition) is 1. The van der Waals surface area contributed by atoms with Crippen LogP contribution in [-0.2, 0) is 0 Å². The highest BCUT2D eigenvalue weighted by Crippen LogP contribution is 2.27. The van der Waals surface area contributed by atoms with Crippen molar-refractivity contribution < 1.29 is 0 Å². The van der Waals surface area contributed by atoms with E-state index in [4.69, 9.17) is 5.73 Å². The topological polar surface area (TPSA) is 41.6 Å². The molecule has 2 aliphatic rings. The van der Waals surface area contributed by atoms with Gasteiger partial charge in [-0.2, -0.15) is 0 Å². The molecular formula is C13H25N3. The van der Waals surface area contributed by atoms with Gasteiger partial charge in [-0.1, -0.05) is 26.7 Å². The van der Waals surface area contributed by atoms with E-state index in [2.05, 4.69) is 23.7 Å². The maximum Gasteiger partial charge on any atom is 0.191 e. The first-order valence-corrected chi connectivity index (χ1v) is 6.76. The fourth-order valence-corrected chi connectivity index (χ4v) is 2.50. The average molecular weight is 223 g/mol. The fraction of sp³-hybridized carbons (Fsp3) is 0.923. The van der Waals surface area contributed by atoms with Crippen molar-refractivity contribution in [1.82, 2.24) is 4.90 Å². The largest absolute Gasteiger partial charge is 0.370 e. The van der Waals surface area contributed by atoms with Gasteiger partial charge in [0.05, 0.1) is 6.04 Å². The third kappa shape index (κ3) is 3.13. The molecule has 0 spiro atoms. The van der Waals surface area contributed by atoms with Crippen molar-refractivity contribution in [2.45, 2.75) is 64.5 Å². The Balaban J connectivity index is 1.99. The molecule has 0 unspecified atom stereocenters. The lowest BCUT2D eigenvalue weighted by Gasteiger charge is -2.31. The molecule has 16 heavy (non-hydrogen) atoms. The summed E-state index contributed by atoms with van der Waals surface area (Å²) in [5.41, 5.74) is 6.16. The molecule has 2 saturated carbocycles. The van der Waals surface area contributed by atoms with Gasteiger partial charge in [0.25, 0.3) is 0 Å². The minimum Gasteiger partial charge on any atom is -0.370 e. The van der Waals surface area contributed by atoms with E-state index in [1.165, 1.54) is 38.5 Å². The molecule has 3 heteroatoms. The van der Waals surface area contributed by atoms with Crippen molar-refractivity contribution in [1.29, 1.82) is 0 Å². The fourth-order valence-electron chi connectivity index (χ4n) is 2.50. The van der Waals surface area contributed by atoms with E-state index < -0.39 is 0 Å². The molecule has 0 saturated heterocycles. The van der Waals surface area contributed by atoms with Crippen LogP contribution in [-0.4, -0.2) is 29.5 Å². The summed E-state index contributed by atoms with van der Waals surface area (Å²) in [4.78, 5) is 6.98. The van der Waals surface area contributed by atoms with E-state index >= 15 is 0 Å². The number of nitrogens with two attached hydrogens (primary N) is 1. The highest BCUT2D eigenvalue weighted by molar-refractivity contribution is 5.78. The van der Waals surface area contributed by atoms with Crippen LogP contribution in [0, 0.1) is 5.92 Å². The van der Waals surface area contributed by atoms with E-state index in [1.807, 2.05) is 0 Å². The van der Waals surface area contributed by atoms with E-state index in [-0.39, 0.29) is 0 Å². The van der Waals surface area contributed by atoms with Gasteiger partial charge in [-0.25, -0.2) is 4.99 Å². The van der Waals surface area contributed by atoms with E-state index in [9.17, 15) is 0 Å². The first-order valence-electron chi connectivity index (χ1n) is 6.76. The van der Waals surface area contributed by atoms with Gasteiger partial charge in [0, 0.05) is 12.6 Å². The van der Waals surface area contributed by atoms with E-state index in [0.29, 0.717) is 18.0 Å². The summed E-state index contributed by atoms with van der Waals surface area (Å²) < 4.78 is 0. The smallest absolute Gasteiger partial charge is 0.191 e. The summed E-state index contributed by atoms with van der Waals surface area (Å²) in [5, 5.41) is 0. The molecule has 0 radical (unpaired) electrons. The first-order chi connectivity index (χ1) is 7.66. The first kappa shape index (κ1) is 11.7. The lowest BCUT2D eigenvalue weighted by molar-refractivity contribution is 0.279. The summed E-state index contributed by atoms with van der Waals surface area (Å²) in [6, 6.07) is 1.20. The Bertz CT molecular complexity index is 250. The Morgan fingerprint density at radius 2 is 1.88 bits per heavy atom. The van der Waals surface area contributed by atoms with Crippen molar-refractivity contribution in [3.63, 3.8) is 0 Å². The van der Waals surface area contributed by atoms with Crippen molar-refractivity contribution >= 4 is 5.96 Å². The zero-order valence-electron chi connectivity index (χ0n) is 10.7. The molecule has 92 valence electrons. The van der Waals surface area contributed by atoms with Crippen LogP contribution in [0.5, 0.6) is 0 Å². The SMILES string of the molecule is CC(C)CN(C(N)=NC1CC1)C1CCCC1. The van der Waals surface area contributed by atoms with Crippen molar-refractivity contribution in [3.8, 4) is 0 Å². The maximum absolute atomic E-state index is 6.16. The molecule has 0 aromatic rings. The lowest BCUT2D eigenvalue weighted by Crippen LogP contribution is -2.45. The lowest BCUT2D eigenvalue weighted by atomic mass is 10.1. The number of guanidine groups is 1. The number of rotatable bonds is 4. The zero-order valence-corrected chi connectivity index (χ0v) is 10.7. The van der Waals surface area contributed by atoms with Gasteiger partial charge in [0.15, 0.2) is 5.96 Å². The van der Waals surface area contributed by atoms with Crippen molar-refractivity contribution in [2.75, 3.05) is 6.54 Å². The van der Waals surface area contributed by atoms with Crippen molar-refractivity contribution in [3.05, 3.63) is 0 Å². The highest BCUT2D eigenvalue weighted by atomic mass is 15.3. The Kier molecular flexibility index (Phi) is 3.72. The molecule has 2 rings (SSSR count). The quantitative estimate of drug-likeness (QED) is 0.587. The number of aliphatic imine (C=N–C) groups is 1.